The number of nitrogens with zero attached hydrogens (tertiary/aromatic N) is 1. The summed E-state index contributed by atoms with van der Waals surface area (Å²) in [4.78, 5) is 0. The number of hydrogen-bond donors (Lipinski definition) is 0. The maximum Gasteiger partial charge on any atom is 0.212 e. The van der Waals surface area contributed by atoms with Gasteiger partial charge in [0.2, 0.25) is 5.52 Å². The molecule has 0 unspecified atom stereocenters. The van der Waals surface area contributed by atoms with Crippen molar-refractivity contribution in [1.29, 1.82) is 0 Å². The van der Waals surface area contributed by atoms with Crippen molar-refractivity contribution in [3.63, 3.8) is 0 Å². The van der Waals surface area contributed by atoms with E-state index in [0.717, 1.165) is 6.54 Å². The first kappa shape index (κ1) is 12.0. The lowest BCUT2D eigenvalue weighted by atomic mass is 10.1. The molecule has 0 aliphatic carbocycles. The molecule has 2 heteroatoms. The number of aryl methyl sites for hydroxylation is 2. The molecule has 0 aliphatic heterocycles. The van der Waals surface area contributed by atoms with Gasteiger partial charge < -0.3 is 12.4 Å². The summed E-state index contributed by atoms with van der Waals surface area (Å²) >= 11 is 0. The van der Waals surface area contributed by atoms with E-state index in [2.05, 4.69) is 55.7 Å². The second kappa shape index (κ2) is 4.63. The number of aromatic nitrogens is 1. The standard InChI is InChI=1S/C13H16N.ClH/c1-4-14-11(3)10(2)9-12-7-5-6-8-13(12)14;/h5-9H,4H2,1-3H3;1H/q+1;/p-1. The Kier molecular flexibility index (Phi) is 3.70. The maximum atomic E-state index is 2.37. The predicted octanol–water partition coefficient (Wildman–Crippen LogP) is -0.232. The van der Waals surface area contributed by atoms with E-state index in [9.17, 15) is 0 Å². The van der Waals surface area contributed by atoms with Gasteiger partial charge >= 0.3 is 0 Å². The lowest BCUT2D eigenvalue weighted by Crippen LogP contribution is -3.00. The van der Waals surface area contributed by atoms with Crippen LogP contribution in [0.1, 0.15) is 18.2 Å². The first-order valence-corrected chi connectivity index (χ1v) is 5.13. The molecule has 2 aromatic rings. The number of fused-ring (bicyclic) bond motifs is 1. The minimum atomic E-state index is 0. The van der Waals surface area contributed by atoms with E-state index >= 15 is 0 Å². The van der Waals surface area contributed by atoms with Crippen molar-refractivity contribution < 1.29 is 17.0 Å². The van der Waals surface area contributed by atoms with E-state index < -0.39 is 0 Å². The SMILES string of the molecule is CC[n+]1c(C)c(C)cc2ccccc21.[Cl-]. The van der Waals surface area contributed by atoms with Crippen molar-refractivity contribution in [2.45, 2.75) is 27.3 Å². The number of rotatable bonds is 1. The first-order chi connectivity index (χ1) is 6.74. The third-order valence-electron chi connectivity index (χ3n) is 2.89. The molecule has 1 aromatic heterocycles. The molecule has 0 amide bonds. The Morgan fingerprint density at radius 3 is 2.47 bits per heavy atom. The fourth-order valence-electron chi connectivity index (χ4n) is 1.99. The molecule has 0 aliphatic rings. The minimum Gasteiger partial charge on any atom is -1.00 e. The van der Waals surface area contributed by atoms with Crippen LogP contribution in [0.2, 0.25) is 0 Å². The largest absolute Gasteiger partial charge is 1.00 e. The fourth-order valence-corrected chi connectivity index (χ4v) is 1.99. The van der Waals surface area contributed by atoms with Crippen LogP contribution in [0.3, 0.4) is 0 Å². The highest BCUT2D eigenvalue weighted by Crippen LogP contribution is 2.13. The Morgan fingerprint density at radius 2 is 1.80 bits per heavy atom. The normalized spacial score (nSPS) is 10.1. The van der Waals surface area contributed by atoms with Gasteiger partial charge in [0.1, 0.15) is 6.54 Å². The second-order valence-corrected chi connectivity index (χ2v) is 3.72. The van der Waals surface area contributed by atoms with Gasteiger partial charge in [-0.05, 0) is 26.0 Å². The van der Waals surface area contributed by atoms with Crippen molar-refractivity contribution in [3.05, 3.63) is 41.6 Å². The summed E-state index contributed by atoms with van der Waals surface area (Å²) in [6.45, 7) is 7.59. The molecular formula is C13H16ClN. The minimum absolute atomic E-state index is 0. The molecule has 1 aromatic carbocycles. The Balaban J connectivity index is 0.00000112. The Hall–Kier alpha value is -1.08. The highest BCUT2D eigenvalue weighted by molar-refractivity contribution is 5.76. The summed E-state index contributed by atoms with van der Waals surface area (Å²) in [5, 5.41) is 1.33. The van der Waals surface area contributed by atoms with Gasteiger partial charge in [0, 0.05) is 23.9 Å². The van der Waals surface area contributed by atoms with Crippen LogP contribution in [-0.4, -0.2) is 0 Å². The zero-order valence-corrected chi connectivity index (χ0v) is 10.2. The lowest BCUT2D eigenvalue weighted by Gasteiger charge is -2.04. The van der Waals surface area contributed by atoms with E-state index in [4.69, 9.17) is 0 Å². The molecule has 80 valence electrons. The van der Waals surface area contributed by atoms with Gasteiger partial charge in [0.15, 0.2) is 5.69 Å². The monoisotopic (exact) mass is 221 g/mol. The van der Waals surface area contributed by atoms with Gasteiger partial charge in [-0.25, -0.2) is 0 Å². The van der Waals surface area contributed by atoms with Crippen LogP contribution in [-0.2, 0) is 6.54 Å². The summed E-state index contributed by atoms with van der Waals surface area (Å²) in [5.41, 5.74) is 4.06. The van der Waals surface area contributed by atoms with Gasteiger partial charge in [-0.2, -0.15) is 4.57 Å². The van der Waals surface area contributed by atoms with Gasteiger partial charge in [0.05, 0.1) is 0 Å². The van der Waals surface area contributed by atoms with E-state index in [-0.39, 0.29) is 12.4 Å². The molecule has 1 heterocycles. The van der Waals surface area contributed by atoms with Crippen LogP contribution in [0.4, 0.5) is 0 Å². The Labute approximate surface area is 97.2 Å². The smallest absolute Gasteiger partial charge is 0.212 e. The van der Waals surface area contributed by atoms with Crippen molar-refractivity contribution >= 4 is 10.9 Å². The van der Waals surface area contributed by atoms with E-state index in [1.165, 1.54) is 22.2 Å². The molecule has 15 heavy (non-hydrogen) atoms. The number of hydrogen-bond acceptors (Lipinski definition) is 0. The summed E-state index contributed by atoms with van der Waals surface area (Å²) < 4.78 is 2.37. The topological polar surface area (TPSA) is 3.88 Å². The number of benzene rings is 1. The van der Waals surface area contributed by atoms with Crippen LogP contribution in [0.25, 0.3) is 10.9 Å². The number of pyridine rings is 1. The number of halogens is 1. The maximum absolute atomic E-state index is 2.37. The third-order valence-corrected chi connectivity index (χ3v) is 2.89. The summed E-state index contributed by atoms with van der Waals surface area (Å²) in [6, 6.07) is 10.8. The molecule has 0 atom stereocenters. The average Bonchev–Trinajstić information content (AvgIpc) is 2.20. The molecule has 2 rings (SSSR count). The Bertz CT molecular complexity index is 477. The van der Waals surface area contributed by atoms with Crippen LogP contribution in [0.5, 0.6) is 0 Å². The van der Waals surface area contributed by atoms with Crippen molar-refractivity contribution in [2.24, 2.45) is 0 Å². The summed E-state index contributed by atoms with van der Waals surface area (Å²) in [7, 11) is 0. The summed E-state index contributed by atoms with van der Waals surface area (Å²) in [6.07, 6.45) is 0. The highest BCUT2D eigenvalue weighted by atomic mass is 35.5. The predicted molar refractivity (Wildman–Crippen MR) is 59.3 cm³/mol. The van der Waals surface area contributed by atoms with Crippen molar-refractivity contribution in [2.75, 3.05) is 0 Å². The molecule has 0 N–H and O–H groups in total. The van der Waals surface area contributed by atoms with E-state index in [1.807, 2.05) is 0 Å². The quantitative estimate of drug-likeness (QED) is 0.586. The molecule has 0 fully saturated rings. The fraction of sp³-hybridized carbons (Fsp3) is 0.308. The van der Waals surface area contributed by atoms with Gasteiger partial charge in [-0.1, -0.05) is 12.1 Å². The molecular weight excluding hydrogens is 206 g/mol. The van der Waals surface area contributed by atoms with Crippen LogP contribution >= 0.6 is 0 Å². The second-order valence-electron chi connectivity index (χ2n) is 3.72. The average molecular weight is 222 g/mol. The first-order valence-electron chi connectivity index (χ1n) is 5.13. The molecule has 0 bridgehead atoms. The van der Waals surface area contributed by atoms with Gasteiger partial charge in [0.25, 0.3) is 0 Å². The molecule has 0 saturated heterocycles. The highest BCUT2D eigenvalue weighted by Gasteiger charge is 2.12. The molecule has 0 spiro atoms. The zero-order chi connectivity index (χ0) is 10.1. The van der Waals surface area contributed by atoms with Crippen LogP contribution in [0.15, 0.2) is 30.3 Å². The van der Waals surface area contributed by atoms with E-state index in [1.54, 1.807) is 0 Å². The third kappa shape index (κ3) is 1.98. The van der Waals surface area contributed by atoms with Crippen molar-refractivity contribution in [3.8, 4) is 0 Å². The summed E-state index contributed by atoms with van der Waals surface area (Å²) in [5.74, 6) is 0. The lowest BCUT2D eigenvalue weighted by molar-refractivity contribution is -0.674. The van der Waals surface area contributed by atoms with Crippen molar-refractivity contribution in [1.82, 2.24) is 0 Å². The van der Waals surface area contributed by atoms with E-state index in [0.29, 0.717) is 0 Å². The number of para-hydroxylation sites is 1. The molecule has 1 nitrogen and oxygen atoms in total. The zero-order valence-electron chi connectivity index (χ0n) is 9.42. The van der Waals surface area contributed by atoms with Crippen LogP contribution < -0.4 is 17.0 Å². The Morgan fingerprint density at radius 1 is 1.13 bits per heavy atom. The van der Waals surface area contributed by atoms with Gasteiger partial charge in [-0.15, -0.1) is 0 Å². The van der Waals surface area contributed by atoms with Crippen LogP contribution in [0, 0.1) is 13.8 Å². The van der Waals surface area contributed by atoms with Gasteiger partial charge in [-0.3, -0.25) is 0 Å². The molecule has 0 saturated carbocycles. The molecule has 0 radical (unpaired) electrons.